The SMILES string of the molecule is O=C(NCc1ccc(F)c(F)c1)C1CCC1. The van der Waals surface area contributed by atoms with Crippen molar-refractivity contribution in [2.45, 2.75) is 25.8 Å². The van der Waals surface area contributed by atoms with Crippen LogP contribution in [0, 0.1) is 17.6 Å². The first-order chi connectivity index (χ1) is 7.66. The first-order valence-electron chi connectivity index (χ1n) is 5.38. The highest BCUT2D eigenvalue weighted by Crippen LogP contribution is 2.26. The highest BCUT2D eigenvalue weighted by atomic mass is 19.2. The lowest BCUT2D eigenvalue weighted by Crippen LogP contribution is -2.33. The second-order valence-electron chi connectivity index (χ2n) is 4.09. The van der Waals surface area contributed by atoms with Crippen LogP contribution in [-0.2, 0) is 11.3 Å². The summed E-state index contributed by atoms with van der Waals surface area (Å²) in [5.74, 6) is -1.62. The molecule has 2 rings (SSSR count). The van der Waals surface area contributed by atoms with E-state index >= 15 is 0 Å². The van der Waals surface area contributed by atoms with Gasteiger partial charge >= 0.3 is 0 Å². The standard InChI is InChI=1S/C12H13F2NO/c13-10-5-4-8(6-11(10)14)7-15-12(16)9-2-1-3-9/h4-6,9H,1-3,7H2,(H,15,16). The lowest BCUT2D eigenvalue weighted by Gasteiger charge is -2.24. The molecule has 1 N–H and O–H groups in total. The summed E-state index contributed by atoms with van der Waals surface area (Å²) in [4.78, 5) is 11.5. The Morgan fingerprint density at radius 1 is 1.31 bits per heavy atom. The van der Waals surface area contributed by atoms with Crippen molar-refractivity contribution in [3.8, 4) is 0 Å². The molecule has 86 valence electrons. The van der Waals surface area contributed by atoms with Crippen LogP contribution in [0.15, 0.2) is 18.2 Å². The first-order valence-corrected chi connectivity index (χ1v) is 5.38. The van der Waals surface area contributed by atoms with Gasteiger partial charge in [0.25, 0.3) is 0 Å². The fourth-order valence-corrected chi connectivity index (χ4v) is 1.65. The number of hydrogen-bond donors (Lipinski definition) is 1. The van der Waals surface area contributed by atoms with Gasteiger partial charge in [0.05, 0.1) is 0 Å². The van der Waals surface area contributed by atoms with Gasteiger partial charge in [0, 0.05) is 12.5 Å². The molecule has 2 nitrogen and oxygen atoms in total. The summed E-state index contributed by atoms with van der Waals surface area (Å²) in [5, 5.41) is 2.72. The highest BCUT2D eigenvalue weighted by Gasteiger charge is 2.24. The average molecular weight is 225 g/mol. The highest BCUT2D eigenvalue weighted by molar-refractivity contribution is 5.79. The van der Waals surface area contributed by atoms with Crippen molar-refractivity contribution in [2.24, 2.45) is 5.92 Å². The van der Waals surface area contributed by atoms with Gasteiger partial charge in [-0.1, -0.05) is 12.5 Å². The lowest BCUT2D eigenvalue weighted by atomic mass is 9.85. The van der Waals surface area contributed by atoms with E-state index in [0.717, 1.165) is 31.4 Å². The Bertz CT molecular complexity index is 402. The van der Waals surface area contributed by atoms with E-state index in [1.165, 1.54) is 6.07 Å². The van der Waals surface area contributed by atoms with Gasteiger partial charge < -0.3 is 5.32 Å². The van der Waals surface area contributed by atoms with E-state index in [1.54, 1.807) is 0 Å². The van der Waals surface area contributed by atoms with Crippen molar-refractivity contribution >= 4 is 5.91 Å². The number of halogens is 2. The Balaban J connectivity index is 1.89. The smallest absolute Gasteiger partial charge is 0.223 e. The molecular weight excluding hydrogens is 212 g/mol. The molecule has 0 radical (unpaired) electrons. The lowest BCUT2D eigenvalue weighted by molar-refractivity contribution is -0.127. The van der Waals surface area contributed by atoms with E-state index in [1.807, 2.05) is 0 Å². The van der Waals surface area contributed by atoms with E-state index in [-0.39, 0.29) is 18.4 Å². The molecule has 0 saturated heterocycles. The van der Waals surface area contributed by atoms with Crippen molar-refractivity contribution in [2.75, 3.05) is 0 Å². The van der Waals surface area contributed by atoms with E-state index in [0.29, 0.717) is 5.56 Å². The van der Waals surface area contributed by atoms with Gasteiger partial charge in [0.1, 0.15) is 0 Å². The number of carbonyl (C=O) groups excluding carboxylic acids is 1. The molecule has 1 amide bonds. The van der Waals surface area contributed by atoms with Crippen LogP contribution in [0.5, 0.6) is 0 Å². The molecule has 0 spiro atoms. The van der Waals surface area contributed by atoms with Crippen molar-refractivity contribution in [1.29, 1.82) is 0 Å². The normalized spacial score (nSPS) is 15.6. The Labute approximate surface area is 92.7 Å². The molecule has 1 aliphatic rings. The van der Waals surface area contributed by atoms with Crippen LogP contribution in [0.2, 0.25) is 0 Å². The van der Waals surface area contributed by atoms with Crippen molar-refractivity contribution < 1.29 is 13.6 Å². The summed E-state index contributed by atoms with van der Waals surface area (Å²) < 4.78 is 25.5. The van der Waals surface area contributed by atoms with E-state index in [9.17, 15) is 13.6 Å². The summed E-state index contributed by atoms with van der Waals surface area (Å²) in [6.07, 6.45) is 2.97. The van der Waals surface area contributed by atoms with Crippen LogP contribution in [0.1, 0.15) is 24.8 Å². The minimum Gasteiger partial charge on any atom is -0.352 e. The predicted molar refractivity (Wildman–Crippen MR) is 55.5 cm³/mol. The summed E-state index contributed by atoms with van der Waals surface area (Å²) in [5.41, 5.74) is 0.576. The van der Waals surface area contributed by atoms with Crippen LogP contribution >= 0.6 is 0 Å². The zero-order chi connectivity index (χ0) is 11.5. The van der Waals surface area contributed by atoms with E-state index in [2.05, 4.69) is 5.32 Å². The van der Waals surface area contributed by atoms with Gasteiger partial charge in [-0.15, -0.1) is 0 Å². The van der Waals surface area contributed by atoms with Crippen LogP contribution < -0.4 is 5.32 Å². The topological polar surface area (TPSA) is 29.1 Å². The quantitative estimate of drug-likeness (QED) is 0.840. The number of benzene rings is 1. The van der Waals surface area contributed by atoms with Crippen molar-refractivity contribution in [1.82, 2.24) is 5.32 Å². The molecule has 0 heterocycles. The maximum absolute atomic E-state index is 12.9. The number of rotatable bonds is 3. The number of carbonyl (C=O) groups is 1. The Hall–Kier alpha value is -1.45. The van der Waals surface area contributed by atoms with Crippen molar-refractivity contribution in [3.05, 3.63) is 35.4 Å². The molecule has 16 heavy (non-hydrogen) atoms. The van der Waals surface area contributed by atoms with Crippen molar-refractivity contribution in [3.63, 3.8) is 0 Å². The Morgan fingerprint density at radius 2 is 2.06 bits per heavy atom. The molecule has 4 heteroatoms. The van der Waals surface area contributed by atoms with E-state index < -0.39 is 11.6 Å². The van der Waals surface area contributed by atoms with Gasteiger partial charge in [-0.2, -0.15) is 0 Å². The summed E-state index contributed by atoms with van der Waals surface area (Å²) >= 11 is 0. The molecular formula is C12H13F2NO. The first kappa shape index (κ1) is 11.0. The van der Waals surface area contributed by atoms with Gasteiger partial charge in [0.2, 0.25) is 5.91 Å². The minimum atomic E-state index is -0.879. The molecule has 0 bridgehead atoms. The fourth-order valence-electron chi connectivity index (χ4n) is 1.65. The molecule has 0 aromatic heterocycles. The number of amides is 1. The third kappa shape index (κ3) is 2.38. The predicted octanol–water partition coefficient (Wildman–Crippen LogP) is 2.38. The Kier molecular flexibility index (Phi) is 3.17. The average Bonchev–Trinajstić information content (AvgIpc) is 2.17. The van der Waals surface area contributed by atoms with Gasteiger partial charge in [-0.3, -0.25) is 4.79 Å². The Morgan fingerprint density at radius 3 is 2.62 bits per heavy atom. The van der Waals surface area contributed by atoms with E-state index in [4.69, 9.17) is 0 Å². The van der Waals surface area contributed by atoms with Gasteiger partial charge in [0.15, 0.2) is 11.6 Å². The van der Waals surface area contributed by atoms with Gasteiger partial charge in [-0.05, 0) is 30.5 Å². The zero-order valence-corrected chi connectivity index (χ0v) is 8.80. The zero-order valence-electron chi connectivity index (χ0n) is 8.80. The molecule has 1 aliphatic carbocycles. The summed E-state index contributed by atoms with van der Waals surface area (Å²) in [6, 6.07) is 3.65. The molecule has 0 unspecified atom stereocenters. The van der Waals surface area contributed by atoms with Crippen LogP contribution in [0.3, 0.4) is 0 Å². The van der Waals surface area contributed by atoms with Crippen LogP contribution in [-0.4, -0.2) is 5.91 Å². The maximum atomic E-state index is 12.9. The third-order valence-electron chi connectivity index (χ3n) is 2.93. The van der Waals surface area contributed by atoms with Gasteiger partial charge in [-0.25, -0.2) is 8.78 Å². The molecule has 1 saturated carbocycles. The maximum Gasteiger partial charge on any atom is 0.223 e. The monoisotopic (exact) mass is 225 g/mol. The van der Waals surface area contributed by atoms with Crippen LogP contribution in [0.4, 0.5) is 8.78 Å². The largest absolute Gasteiger partial charge is 0.352 e. The number of hydrogen-bond acceptors (Lipinski definition) is 1. The molecule has 0 aliphatic heterocycles. The molecule has 1 aromatic carbocycles. The van der Waals surface area contributed by atoms with Crippen LogP contribution in [0.25, 0.3) is 0 Å². The second kappa shape index (κ2) is 4.60. The summed E-state index contributed by atoms with van der Waals surface area (Å²) in [6.45, 7) is 0.256. The summed E-state index contributed by atoms with van der Waals surface area (Å²) in [7, 11) is 0. The minimum absolute atomic E-state index is 0.0102. The molecule has 0 atom stereocenters. The molecule has 1 aromatic rings. The third-order valence-corrected chi connectivity index (χ3v) is 2.93. The second-order valence-corrected chi connectivity index (χ2v) is 4.09. The molecule has 1 fully saturated rings. The number of nitrogens with one attached hydrogen (secondary N) is 1. The fraction of sp³-hybridized carbons (Fsp3) is 0.417.